The average molecular weight is 391 g/mol. The van der Waals surface area contributed by atoms with E-state index in [4.69, 9.17) is 17.3 Å². The Morgan fingerprint density at radius 3 is 2.77 bits per heavy atom. The highest BCUT2D eigenvalue weighted by atomic mass is 79.9. The molecule has 1 heterocycles. The topological polar surface area (TPSA) is 68.0 Å². The molecule has 8 heteroatoms. The minimum Gasteiger partial charge on any atom is -0.397 e. The Kier molecular flexibility index (Phi) is 5.31. The minimum atomic E-state index is -0.924. The summed E-state index contributed by atoms with van der Waals surface area (Å²) in [5.41, 5.74) is 6.60. The van der Waals surface area contributed by atoms with Crippen LogP contribution >= 0.6 is 27.5 Å². The molecular formula is C14H11BrClF2N3O. The maximum absolute atomic E-state index is 13.1. The lowest BCUT2D eigenvalue weighted by Crippen LogP contribution is -2.27. The molecule has 22 heavy (non-hydrogen) atoms. The minimum absolute atomic E-state index is 0.00831. The molecule has 1 aromatic heterocycles. The van der Waals surface area contributed by atoms with Gasteiger partial charge in [-0.05, 0) is 40.0 Å². The quantitative estimate of drug-likeness (QED) is 0.787. The smallest absolute Gasteiger partial charge is 0.256 e. The second-order valence-corrected chi connectivity index (χ2v) is 5.65. The molecule has 0 fully saturated rings. The number of amides is 1. The number of halogens is 4. The van der Waals surface area contributed by atoms with Gasteiger partial charge in [0.2, 0.25) is 0 Å². The summed E-state index contributed by atoms with van der Waals surface area (Å²) in [5, 5.41) is 2.60. The van der Waals surface area contributed by atoms with Gasteiger partial charge < -0.3 is 11.1 Å². The zero-order valence-electron chi connectivity index (χ0n) is 11.2. The molecule has 1 amide bonds. The van der Waals surface area contributed by atoms with E-state index in [2.05, 4.69) is 26.2 Å². The van der Waals surface area contributed by atoms with Gasteiger partial charge in [0.05, 0.1) is 10.2 Å². The Bertz CT molecular complexity index is 727. The highest BCUT2D eigenvalue weighted by Crippen LogP contribution is 2.27. The van der Waals surface area contributed by atoms with Crippen molar-refractivity contribution in [1.82, 2.24) is 10.3 Å². The molecule has 0 saturated carbocycles. The van der Waals surface area contributed by atoms with Gasteiger partial charge in [-0.15, -0.1) is 0 Å². The van der Waals surface area contributed by atoms with E-state index >= 15 is 0 Å². The van der Waals surface area contributed by atoms with Gasteiger partial charge in [-0.25, -0.2) is 13.8 Å². The largest absolute Gasteiger partial charge is 0.397 e. The predicted octanol–water partition coefficient (Wildman–Crippen LogP) is 3.33. The van der Waals surface area contributed by atoms with Gasteiger partial charge >= 0.3 is 0 Å². The molecule has 0 spiro atoms. The lowest BCUT2D eigenvalue weighted by atomic mass is 10.1. The number of carbonyl (C=O) groups excluding carboxylic acids is 1. The van der Waals surface area contributed by atoms with E-state index in [0.29, 0.717) is 16.5 Å². The van der Waals surface area contributed by atoms with Crippen molar-refractivity contribution in [3.05, 3.63) is 56.8 Å². The van der Waals surface area contributed by atoms with Crippen LogP contribution in [0.2, 0.25) is 5.15 Å². The highest BCUT2D eigenvalue weighted by molar-refractivity contribution is 9.10. The Labute approximate surface area is 138 Å². The van der Waals surface area contributed by atoms with E-state index < -0.39 is 17.5 Å². The van der Waals surface area contributed by atoms with Gasteiger partial charge in [0.15, 0.2) is 11.6 Å². The Morgan fingerprint density at radius 2 is 2.09 bits per heavy atom. The summed E-state index contributed by atoms with van der Waals surface area (Å²) < 4.78 is 26.3. The van der Waals surface area contributed by atoms with Crippen LogP contribution in [0.4, 0.5) is 14.5 Å². The van der Waals surface area contributed by atoms with E-state index in [1.54, 1.807) is 0 Å². The summed E-state index contributed by atoms with van der Waals surface area (Å²) in [7, 11) is 0. The third-order valence-electron chi connectivity index (χ3n) is 2.93. The van der Waals surface area contributed by atoms with Crippen LogP contribution in [0.1, 0.15) is 15.9 Å². The second-order valence-electron chi connectivity index (χ2n) is 4.44. The molecule has 3 N–H and O–H groups in total. The van der Waals surface area contributed by atoms with Crippen LogP contribution in [0, 0.1) is 11.6 Å². The van der Waals surface area contributed by atoms with Crippen molar-refractivity contribution in [2.75, 3.05) is 12.3 Å². The first-order chi connectivity index (χ1) is 10.4. The van der Waals surface area contributed by atoms with E-state index in [-0.39, 0.29) is 22.9 Å². The Morgan fingerprint density at radius 1 is 1.36 bits per heavy atom. The van der Waals surface area contributed by atoms with Crippen molar-refractivity contribution in [1.29, 1.82) is 0 Å². The Balaban J connectivity index is 2.01. The van der Waals surface area contributed by atoms with Crippen molar-refractivity contribution >= 4 is 39.1 Å². The van der Waals surface area contributed by atoms with E-state index in [9.17, 15) is 13.6 Å². The zero-order valence-corrected chi connectivity index (χ0v) is 13.5. The molecule has 0 atom stereocenters. The van der Waals surface area contributed by atoms with Gasteiger partial charge in [0.1, 0.15) is 10.7 Å². The van der Waals surface area contributed by atoms with Gasteiger partial charge in [-0.2, -0.15) is 0 Å². The summed E-state index contributed by atoms with van der Waals surface area (Å²) in [6.07, 6.45) is 1.73. The number of nitrogens with one attached hydrogen (secondary N) is 1. The van der Waals surface area contributed by atoms with Gasteiger partial charge in [-0.1, -0.05) is 17.7 Å². The van der Waals surface area contributed by atoms with Crippen molar-refractivity contribution in [3.8, 4) is 0 Å². The number of aromatic nitrogens is 1. The zero-order chi connectivity index (χ0) is 16.3. The van der Waals surface area contributed by atoms with Gasteiger partial charge in [0.25, 0.3) is 5.91 Å². The molecule has 116 valence electrons. The first-order valence-corrected chi connectivity index (χ1v) is 7.39. The summed E-state index contributed by atoms with van der Waals surface area (Å²) in [6, 6.07) is 3.58. The SMILES string of the molecule is Nc1c(Br)cnc(Cl)c1C(=O)NCCc1ccc(F)c(F)c1. The first kappa shape index (κ1) is 16.6. The van der Waals surface area contributed by atoms with E-state index in [1.165, 1.54) is 12.3 Å². The van der Waals surface area contributed by atoms with Crippen LogP contribution in [-0.4, -0.2) is 17.4 Å². The molecule has 1 aromatic carbocycles. The molecule has 0 aliphatic carbocycles. The standard InChI is InChI=1S/C14H11BrClF2N3O/c15-8-6-21-13(16)11(12(8)19)14(22)20-4-3-7-1-2-9(17)10(18)5-7/h1-2,5-6H,3-4H2,(H2,19,21)(H,20,22). The normalized spacial score (nSPS) is 10.5. The lowest BCUT2D eigenvalue weighted by molar-refractivity contribution is 0.0955. The second kappa shape index (κ2) is 7.02. The molecular weight excluding hydrogens is 380 g/mol. The number of nitrogen functional groups attached to an aromatic ring is 1. The number of anilines is 1. The van der Waals surface area contributed by atoms with Gasteiger partial charge in [0, 0.05) is 12.7 Å². The third kappa shape index (κ3) is 3.72. The molecule has 0 aliphatic rings. The number of nitrogens with two attached hydrogens (primary N) is 1. The third-order valence-corrected chi connectivity index (χ3v) is 3.85. The monoisotopic (exact) mass is 389 g/mol. The van der Waals surface area contributed by atoms with Crippen LogP contribution in [0.15, 0.2) is 28.9 Å². The number of hydrogen-bond acceptors (Lipinski definition) is 3. The summed E-state index contributed by atoms with van der Waals surface area (Å²) in [4.78, 5) is 15.9. The summed E-state index contributed by atoms with van der Waals surface area (Å²) in [6.45, 7) is 0.214. The number of nitrogens with zero attached hydrogens (tertiary/aromatic N) is 1. The van der Waals surface area contributed by atoms with Crippen molar-refractivity contribution < 1.29 is 13.6 Å². The molecule has 4 nitrogen and oxygen atoms in total. The number of pyridine rings is 1. The fraction of sp³-hybridized carbons (Fsp3) is 0.143. The molecule has 0 unspecified atom stereocenters. The predicted molar refractivity (Wildman–Crippen MR) is 83.8 cm³/mol. The number of rotatable bonds is 4. The lowest BCUT2D eigenvalue weighted by Gasteiger charge is -2.10. The average Bonchev–Trinajstić information content (AvgIpc) is 2.47. The summed E-state index contributed by atoms with van der Waals surface area (Å²) in [5.74, 6) is -2.32. The molecule has 0 radical (unpaired) electrons. The molecule has 2 aromatic rings. The maximum atomic E-state index is 13.1. The Hall–Kier alpha value is -1.73. The van der Waals surface area contributed by atoms with E-state index in [1.807, 2.05) is 0 Å². The van der Waals surface area contributed by atoms with Crippen LogP contribution < -0.4 is 11.1 Å². The fourth-order valence-corrected chi connectivity index (χ4v) is 2.33. The van der Waals surface area contributed by atoms with Crippen molar-refractivity contribution in [2.24, 2.45) is 0 Å². The van der Waals surface area contributed by atoms with Crippen LogP contribution in [-0.2, 0) is 6.42 Å². The number of hydrogen-bond donors (Lipinski definition) is 2. The first-order valence-electron chi connectivity index (χ1n) is 6.21. The van der Waals surface area contributed by atoms with Crippen LogP contribution in [0.25, 0.3) is 0 Å². The van der Waals surface area contributed by atoms with Crippen molar-refractivity contribution in [3.63, 3.8) is 0 Å². The van der Waals surface area contributed by atoms with Crippen LogP contribution in [0.5, 0.6) is 0 Å². The molecule has 0 bridgehead atoms. The summed E-state index contributed by atoms with van der Waals surface area (Å²) >= 11 is 9.03. The molecule has 0 saturated heterocycles. The fourth-order valence-electron chi connectivity index (χ4n) is 1.80. The highest BCUT2D eigenvalue weighted by Gasteiger charge is 2.17. The molecule has 0 aliphatic heterocycles. The maximum Gasteiger partial charge on any atom is 0.256 e. The molecule has 2 rings (SSSR count). The number of benzene rings is 1. The van der Waals surface area contributed by atoms with Gasteiger partial charge in [-0.3, -0.25) is 4.79 Å². The van der Waals surface area contributed by atoms with E-state index in [0.717, 1.165) is 12.1 Å². The van der Waals surface area contributed by atoms with Crippen molar-refractivity contribution in [2.45, 2.75) is 6.42 Å². The number of carbonyl (C=O) groups is 1. The van der Waals surface area contributed by atoms with Crippen LogP contribution in [0.3, 0.4) is 0 Å².